The van der Waals surface area contributed by atoms with E-state index in [1.807, 2.05) is 6.92 Å². The van der Waals surface area contributed by atoms with Gasteiger partial charge in [0.2, 0.25) is 0 Å². The molecule has 0 spiro atoms. The summed E-state index contributed by atoms with van der Waals surface area (Å²) in [5.74, 6) is 0.286. The maximum atomic E-state index is 13.1. The van der Waals surface area contributed by atoms with Gasteiger partial charge in [0, 0.05) is 5.75 Å². The predicted octanol–water partition coefficient (Wildman–Crippen LogP) is 3.38. The van der Waals surface area contributed by atoms with Crippen LogP contribution in [-0.2, 0) is 11.0 Å². The molecule has 0 heterocycles. The Labute approximate surface area is 100.0 Å². The van der Waals surface area contributed by atoms with Crippen LogP contribution in [0.5, 0.6) is 0 Å². The molecule has 0 radical (unpaired) electrons. The Kier molecular flexibility index (Phi) is 4.73. The number of benzene rings is 1. The zero-order valence-electron chi connectivity index (χ0n) is 8.64. The van der Waals surface area contributed by atoms with Crippen molar-refractivity contribution in [1.82, 2.24) is 0 Å². The van der Waals surface area contributed by atoms with Gasteiger partial charge in [-0.1, -0.05) is 6.92 Å². The number of rotatable bonds is 4. The van der Waals surface area contributed by atoms with E-state index in [2.05, 4.69) is 20.7 Å². The van der Waals surface area contributed by atoms with Crippen LogP contribution in [0.25, 0.3) is 0 Å². The lowest BCUT2D eigenvalue weighted by Crippen LogP contribution is -2.09. The topological polar surface area (TPSA) is 29.1 Å². The average molecular weight is 294 g/mol. The standard InChI is InChI=1S/C10H13BrFNOS/c1-3-4-15(14)13-10-6-8(11)9(12)5-7(10)2/h5-6,13H,3-4H2,1-2H3. The Morgan fingerprint density at radius 2 is 2.20 bits per heavy atom. The highest BCUT2D eigenvalue weighted by atomic mass is 79.9. The Hall–Kier alpha value is -0.420. The molecule has 1 rings (SSSR count). The molecular formula is C10H13BrFNOS. The van der Waals surface area contributed by atoms with E-state index in [1.165, 1.54) is 6.07 Å². The third kappa shape index (κ3) is 3.57. The number of aryl methyl sites for hydroxylation is 1. The Bertz CT molecular complexity index is 384. The first kappa shape index (κ1) is 12.6. The van der Waals surface area contributed by atoms with Crippen molar-refractivity contribution in [3.8, 4) is 0 Å². The molecule has 2 nitrogen and oxygen atoms in total. The molecule has 15 heavy (non-hydrogen) atoms. The van der Waals surface area contributed by atoms with Crippen molar-refractivity contribution in [3.05, 3.63) is 28.0 Å². The molecule has 0 bridgehead atoms. The molecule has 1 atom stereocenters. The number of hydrogen-bond acceptors (Lipinski definition) is 1. The second kappa shape index (κ2) is 5.61. The van der Waals surface area contributed by atoms with Crippen molar-refractivity contribution in [3.63, 3.8) is 0 Å². The normalized spacial score (nSPS) is 12.5. The van der Waals surface area contributed by atoms with Crippen molar-refractivity contribution in [2.75, 3.05) is 10.5 Å². The summed E-state index contributed by atoms with van der Waals surface area (Å²) in [6.07, 6.45) is 0.848. The van der Waals surface area contributed by atoms with Gasteiger partial charge in [-0.25, -0.2) is 8.60 Å². The second-order valence-electron chi connectivity index (χ2n) is 3.23. The van der Waals surface area contributed by atoms with Gasteiger partial charge in [-0.15, -0.1) is 0 Å². The van der Waals surface area contributed by atoms with Crippen molar-refractivity contribution < 1.29 is 8.60 Å². The highest BCUT2D eigenvalue weighted by molar-refractivity contribution is 9.10. The van der Waals surface area contributed by atoms with E-state index in [-0.39, 0.29) is 5.82 Å². The number of halogens is 2. The fourth-order valence-corrected chi connectivity index (χ4v) is 2.40. The number of nitrogens with one attached hydrogen (secondary N) is 1. The zero-order valence-corrected chi connectivity index (χ0v) is 11.0. The van der Waals surface area contributed by atoms with E-state index < -0.39 is 11.0 Å². The summed E-state index contributed by atoms with van der Waals surface area (Å²) in [5, 5.41) is 0. The van der Waals surface area contributed by atoms with Crippen LogP contribution < -0.4 is 4.72 Å². The van der Waals surface area contributed by atoms with Crippen LogP contribution in [0.3, 0.4) is 0 Å². The average Bonchev–Trinajstić information content (AvgIpc) is 2.14. The predicted molar refractivity (Wildman–Crippen MR) is 65.8 cm³/mol. The SMILES string of the molecule is CCCS(=O)Nc1cc(Br)c(F)cc1C. The van der Waals surface area contributed by atoms with Gasteiger partial charge in [0.15, 0.2) is 0 Å². The van der Waals surface area contributed by atoms with E-state index >= 15 is 0 Å². The summed E-state index contributed by atoms with van der Waals surface area (Å²) < 4.78 is 27.8. The van der Waals surface area contributed by atoms with Crippen LogP contribution in [0.1, 0.15) is 18.9 Å². The molecule has 0 aliphatic heterocycles. The van der Waals surface area contributed by atoms with Crippen molar-refractivity contribution >= 4 is 32.6 Å². The van der Waals surface area contributed by atoms with Crippen molar-refractivity contribution in [1.29, 1.82) is 0 Å². The first-order chi connectivity index (χ1) is 7.04. The largest absolute Gasteiger partial charge is 0.305 e. The Balaban J connectivity index is 2.86. The van der Waals surface area contributed by atoms with Gasteiger partial charge in [0.1, 0.15) is 16.8 Å². The maximum absolute atomic E-state index is 13.1. The Morgan fingerprint density at radius 3 is 2.80 bits per heavy atom. The first-order valence-corrected chi connectivity index (χ1v) is 6.76. The summed E-state index contributed by atoms with van der Waals surface area (Å²) in [4.78, 5) is 0. The summed E-state index contributed by atoms with van der Waals surface area (Å²) >= 11 is 3.10. The van der Waals surface area contributed by atoms with Crippen LogP contribution in [0.15, 0.2) is 16.6 Å². The monoisotopic (exact) mass is 293 g/mol. The molecule has 5 heteroatoms. The van der Waals surface area contributed by atoms with Gasteiger partial charge >= 0.3 is 0 Å². The molecular weight excluding hydrogens is 281 g/mol. The molecule has 0 aliphatic carbocycles. The molecule has 0 aliphatic rings. The Morgan fingerprint density at radius 1 is 1.53 bits per heavy atom. The fourth-order valence-electron chi connectivity index (χ4n) is 1.12. The maximum Gasteiger partial charge on any atom is 0.137 e. The van der Waals surface area contributed by atoms with E-state index in [1.54, 1.807) is 13.0 Å². The van der Waals surface area contributed by atoms with E-state index in [0.29, 0.717) is 15.9 Å². The zero-order chi connectivity index (χ0) is 11.4. The van der Waals surface area contributed by atoms with Crippen molar-refractivity contribution in [2.24, 2.45) is 0 Å². The van der Waals surface area contributed by atoms with Gasteiger partial charge < -0.3 is 4.72 Å². The number of hydrogen-bond donors (Lipinski definition) is 1. The highest BCUT2D eigenvalue weighted by Gasteiger charge is 2.06. The molecule has 0 saturated carbocycles. The van der Waals surface area contributed by atoms with Crippen LogP contribution in [0.2, 0.25) is 0 Å². The summed E-state index contributed by atoms with van der Waals surface area (Å²) in [6.45, 7) is 3.74. The lowest BCUT2D eigenvalue weighted by atomic mass is 10.2. The van der Waals surface area contributed by atoms with Crippen molar-refractivity contribution in [2.45, 2.75) is 20.3 Å². The molecule has 0 amide bonds. The van der Waals surface area contributed by atoms with Gasteiger partial charge in [-0.3, -0.25) is 0 Å². The van der Waals surface area contributed by atoms with Gasteiger partial charge in [0.05, 0.1) is 10.2 Å². The summed E-state index contributed by atoms with van der Waals surface area (Å²) in [6, 6.07) is 3.02. The van der Waals surface area contributed by atoms with E-state index in [0.717, 1.165) is 12.0 Å². The minimum absolute atomic E-state index is 0.306. The summed E-state index contributed by atoms with van der Waals surface area (Å²) in [7, 11) is -1.09. The quantitative estimate of drug-likeness (QED) is 0.906. The van der Waals surface area contributed by atoms with Gasteiger partial charge in [-0.05, 0) is 47.0 Å². The molecule has 0 aromatic heterocycles. The lowest BCUT2D eigenvalue weighted by Gasteiger charge is -2.09. The molecule has 0 fully saturated rings. The first-order valence-electron chi connectivity index (χ1n) is 4.65. The van der Waals surface area contributed by atoms with E-state index in [9.17, 15) is 8.60 Å². The number of anilines is 1. The highest BCUT2D eigenvalue weighted by Crippen LogP contribution is 2.24. The molecule has 1 aromatic carbocycles. The smallest absolute Gasteiger partial charge is 0.137 e. The molecule has 1 unspecified atom stereocenters. The minimum atomic E-state index is -1.09. The molecule has 84 valence electrons. The third-order valence-electron chi connectivity index (χ3n) is 1.88. The minimum Gasteiger partial charge on any atom is -0.305 e. The molecule has 1 aromatic rings. The van der Waals surface area contributed by atoms with Crippen LogP contribution >= 0.6 is 15.9 Å². The molecule has 1 N–H and O–H groups in total. The second-order valence-corrected chi connectivity index (χ2v) is 5.39. The summed E-state index contributed by atoms with van der Waals surface area (Å²) in [5.41, 5.74) is 1.45. The molecule has 0 saturated heterocycles. The third-order valence-corrected chi connectivity index (χ3v) is 3.71. The van der Waals surface area contributed by atoms with Crippen LogP contribution in [-0.4, -0.2) is 9.96 Å². The van der Waals surface area contributed by atoms with E-state index in [4.69, 9.17) is 0 Å². The fraction of sp³-hybridized carbons (Fsp3) is 0.400. The van der Waals surface area contributed by atoms with Crippen LogP contribution in [0.4, 0.5) is 10.1 Å². The van der Waals surface area contributed by atoms with Crippen LogP contribution in [0, 0.1) is 12.7 Å². The van der Waals surface area contributed by atoms with Gasteiger partial charge in [0.25, 0.3) is 0 Å². The lowest BCUT2D eigenvalue weighted by molar-refractivity contribution is 0.620. The van der Waals surface area contributed by atoms with Gasteiger partial charge in [-0.2, -0.15) is 0 Å².